The van der Waals surface area contributed by atoms with E-state index in [2.05, 4.69) is 32.9 Å². The second-order valence-corrected chi connectivity index (χ2v) is 18.6. The number of esters is 3. The second-order valence-electron chi connectivity index (χ2n) is 18.6. The van der Waals surface area contributed by atoms with Gasteiger partial charge in [0.25, 0.3) is 0 Å². The third kappa shape index (κ3) is 51.9. The van der Waals surface area contributed by atoms with Crippen molar-refractivity contribution in [3.8, 4) is 0 Å². The Hall–Kier alpha value is -2.89. The molecule has 0 rings (SSSR count). The summed E-state index contributed by atoms with van der Waals surface area (Å²) >= 11 is 0. The van der Waals surface area contributed by atoms with Crippen molar-refractivity contribution in [2.45, 2.75) is 284 Å². The van der Waals surface area contributed by atoms with Crippen molar-refractivity contribution >= 4 is 17.9 Å². The molecular formula is C59H104O6. The van der Waals surface area contributed by atoms with Crippen LogP contribution in [0, 0.1) is 0 Å². The quantitative estimate of drug-likeness (QED) is 0.0262. The molecule has 0 saturated carbocycles. The minimum absolute atomic E-state index is 0.0879. The molecule has 0 aliphatic heterocycles. The molecule has 1 atom stereocenters. The molecule has 0 fully saturated rings. The first kappa shape index (κ1) is 62.1. The monoisotopic (exact) mass is 909 g/mol. The van der Waals surface area contributed by atoms with Gasteiger partial charge in [0.05, 0.1) is 0 Å². The van der Waals surface area contributed by atoms with Crippen molar-refractivity contribution in [1.29, 1.82) is 0 Å². The number of carbonyl (C=O) groups is 3. The SMILES string of the molecule is CC\C=C/C=C\C=C/C=C\C=C/CCCCCC(=O)OC(COC(=O)CCCCCCCCCCCCCCC)COC(=O)CCCCCCCCCCCCCCCCCCCCC. The topological polar surface area (TPSA) is 78.9 Å². The zero-order valence-corrected chi connectivity index (χ0v) is 43.0. The summed E-state index contributed by atoms with van der Waals surface area (Å²) in [5, 5.41) is 0. The Labute approximate surface area is 402 Å². The molecule has 0 bridgehead atoms. The van der Waals surface area contributed by atoms with Crippen LogP contribution in [-0.2, 0) is 28.6 Å². The highest BCUT2D eigenvalue weighted by atomic mass is 16.6. The van der Waals surface area contributed by atoms with Crippen LogP contribution in [0.3, 0.4) is 0 Å². The Morgan fingerprint density at radius 2 is 0.600 bits per heavy atom. The van der Waals surface area contributed by atoms with Gasteiger partial charge in [-0.2, -0.15) is 0 Å². The first-order valence-corrected chi connectivity index (χ1v) is 27.9. The summed E-state index contributed by atoms with van der Waals surface area (Å²) in [6, 6.07) is 0. The highest BCUT2D eigenvalue weighted by Gasteiger charge is 2.19. The van der Waals surface area contributed by atoms with Crippen LogP contribution in [0.15, 0.2) is 60.8 Å². The maximum absolute atomic E-state index is 12.8. The van der Waals surface area contributed by atoms with Gasteiger partial charge in [0, 0.05) is 19.3 Å². The van der Waals surface area contributed by atoms with Crippen LogP contribution < -0.4 is 0 Å². The van der Waals surface area contributed by atoms with E-state index < -0.39 is 6.10 Å². The summed E-state index contributed by atoms with van der Waals surface area (Å²) in [6.45, 7) is 6.49. The van der Waals surface area contributed by atoms with E-state index in [1.165, 1.54) is 167 Å². The Morgan fingerprint density at radius 3 is 0.938 bits per heavy atom. The number of rotatable bonds is 50. The third-order valence-corrected chi connectivity index (χ3v) is 12.2. The average Bonchev–Trinajstić information content (AvgIpc) is 3.30. The molecule has 0 aromatic carbocycles. The minimum Gasteiger partial charge on any atom is -0.462 e. The van der Waals surface area contributed by atoms with Crippen LogP contribution in [0.2, 0.25) is 0 Å². The van der Waals surface area contributed by atoms with Gasteiger partial charge in [0.1, 0.15) is 13.2 Å². The summed E-state index contributed by atoms with van der Waals surface area (Å²) in [6.07, 6.45) is 66.4. The summed E-state index contributed by atoms with van der Waals surface area (Å²) < 4.78 is 16.8. The van der Waals surface area contributed by atoms with E-state index in [9.17, 15) is 14.4 Å². The van der Waals surface area contributed by atoms with Gasteiger partial charge in [-0.1, -0.05) is 281 Å². The van der Waals surface area contributed by atoms with Crippen molar-refractivity contribution in [2.24, 2.45) is 0 Å². The van der Waals surface area contributed by atoms with Crippen molar-refractivity contribution in [3.63, 3.8) is 0 Å². The van der Waals surface area contributed by atoms with Gasteiger partial charge in [0.15, 0.2) is 6.10 Å². The molecule has 0 aliphatic rings. The van der Waals surface area contributed by atoms with Gasteiger partial charge in [-0.15, -0.1) is 0 Å². The summed E-state index contributed by atoms with van der Waals surface area (Å²) in [4.78, 5) is 38.1. The van der Waals surface area contributed by atoms with Crippen molar-refractivity contribution < 1.29 is 28.6 Å². The standard InChI is InChI=1S/C59H104O6/c1-4-7-10-13-16-19-22-25-27-28-29-30-32-34-37-40-43-46-49-52-58(61)64-55-56(54-63-57(60)51-48-45-42-39-36-33-24-21-18-15-12-9-6-3)65-59(62)53-50-47-44-41-38-35-31-26-23-20-17-14-11-8-5-2/h8,11,14,17,20,23,26,31,35,38,56H,4-7,9-10,12-13,15-16,18-19,21-22,24-25,27-30,32-34,36-37,39-55H2,1-3H3/b11-8-,17-14-,23-20-,31-26-,38-35-. The first-order valence-electron chi connectivity index (χ1n) is 27.9. The number of ether oxygens (including phenoxy) is 3. The highest BCUT2D eigenvalue weighted by molar-refractivity contribution is 5.71. The summed E-state index contributed by atoms with van der Waals surface area (Å²) in [7, 11) is 0. The number of unbranched alkanes of at least 4 members (excludes halogenated alkanes) is 33. The van der Waals surface area contributed by atoms with Crippen molar-refractivity contribution in [1.82, 2.24) is 0 Å². The molecule has 0 radical (unpaired) electrons. The Morgan fingerprint density at radius 1 is 0.323 bits per heavy atom. The van der Waals surface area contributed by atoms with Gasteiger partial charge in [0.2, 0.25) is 0 Å². The van der Waals surface area contributed by atoms with E-state index in [1.54, 1.807) is 0 Å². The van der Waals surface area contributed by atoms with E-state index >= 15 is 0 Å². The number of carbonyl (C=O) groups excluding carboxylic acids is 3. The van der Waals surface area contributed by atoms with Crippen molar-refractivity contribution in [3.05, 3.63) is 60.8 Å². The normalized spacial score (nSPS) is 12.5. The van der Waals surface area contributed by atoms with E-state index in [-0.39, 0.29) is 37.5 Å². The van der Waals surface area contributed by atoms with Gasteiger partial charge in [-0.3, -0.25) is 14.4 Å². The van der Waals surface area contributed by atoms with E-state index in [0.29, 0.717) is 12.8 Å². The largest absolute Gasteiger partial charge is 0.462 e. The molecule has 0 spiro atoms. The van der Waals surface area contributed by atoms with E-state index in [4.69, 9.17) is 14.2 Å². The number of hydrogen-bond acceptors (Lipinski definition) is 6. The molecule has 6 nitrogen and oxygen atoms in total. The summed E-state index contributed by atoms with van der Waals surface area (Å²) in [5.74, 6) is -0.918. The average molecular weight is 909 g/mol. The Bertz CT molecular complexity index is 1180. The predicted molar refractivity (Wildman–Crippen MR) is 279 cm³/mol. The molecule has 376 valence electrons. The predicted octanol–water partition coefficient (Wildman–Crippen LogP) is 18.4. The van der Waals surface area contributed by atoms with Gasteiger partial charge in [-0.25, -0.2) is 0 Å². The van der Waals surface area contributed by atoms with Crippen LogP contribution in [0.5, 0.6) is 0 Å². The van der Waals surface area contributed by atoms with E-state index in [1.807, 2.05) is 48.6 Å². The zero-order chi connectivity index (χ0) is 47.2. The Balaban J connectivity index is 4.38. The molecule has 1 unspecified atom stereocenters. The fourth-order valence-corrected chi connectivity index (χ4v) is 7.99. The lowest BCUT2D eigenvalue weighted by Gasteiger charge is -2.18. The zero-order valence-electron chi connectivity index (χ0n) is 43.0. The maximum atomic E-state index is 12.8. The van der Waals surface area contributed by atoms with Crippen LogP contribution >= 0.6 is 0 Å². The van der Waals surface area contributed by atoms with E-state index in [0.717, 1.165) is 70.6 Å². The molecule has 0 N–H and O–H groups in total. The van der Waals surface area contributed by atoms with Crippen molar-refractivity contribution in [2.75, 3.05) is 13.2 Å². The molecule has 6 heteroatoms. The first-order chi connectivity index (χ1) is 32.0. The summed E-state index contributed by atoms with van der Waals surface area (Å²) in [5.41, 5.74) is 0. The lowest BCUT2D eigenvalue weighted by Crippen LogP contribution is -2.30. The lowest BCUT2D eigenvalue weighted by molar-refractivity contribution is -0.167. The van der Waals surface area contributed by atoms with Crippen LogP contribution in [0.25, 0.3) is 0 Å². The lowest BCUT2D eigenvalue weighted by atomic mass is 10.0. The Kier molecular flexibility index (Phi) is 51.3. The molecule has 65 heavy (non-hydrogen) atoms. The van der Waals surface area contributed by atoms with Crippen LogP contribution in [-0.4, -0.2) is 37.2 Å². The van der Waals surface area contributed by atoms with Gasteiger partial charge < -0.3 is 14.2 Å². The van der Waals surface area contributed by atoms with Crippen LogP contribution in [0.4, 0.5) is 0 Å². The van der Waals surface area contributed by atoms with Gasteiger partial charge in [-0.05, 0) is 38.5 Å². The molecule has 0 aliphatic carbocycles. The third-order valence-electron chi connectivity index (χ3n) is 12.2. The minimum atomic E-state index is -0.792. The molecular weight excluding hydrogens is 805 g/mol. The highest BCUT2D eigenvalue weighted by Crippen LogP contribution is 2.17. The fraction of sp³-hybridized carbons (Fsp3) is 0.780. The second kappa shape index (κ2) is 53.7. The molecule has 0 amide bonds. The molecule has 0 saturated heterocycles. The molecule has 0 aromatic rings. The fourth-order valence-electron chi connectivity index (χ4n) is 7.99. The number of allylic oxidation sites excluding steroid dienone is 10. The van der Waals surface area contributed by atoms with Gasteiger partial charge >= 0.3 is 17.9 Å². The maximum Gasteiger partial charge on any atom is 0.306 e. The smallest absolute Gasteiger partial charge is 0.306 e. The van der Waals surface area contributed by atoms with Crippen LogP contribution in [0.1, 0.15) is 278 Å². The number of hydrogen-bond donors (Lipinski definition) is 0. The molecule has 0 heterocycles. The molecule has 0 aromatic heterocycles.